The number of halogens is 1. The van der Waals surface area contributed by atoms with Crippen molar-refractivity contribution in [1.29, 1.82) is 0 Å². The van der Waals surface area contributed by atoms with Gasteiger partial charge in [-0.15, -0.1) is 11.6 Å². The van der Waals surface area contributed by atoms with E-state index < -0.39 is 0 Å². The third-order valence-electron chi connectivity index (χ3n) is 2.51. The van der Waals surface area contributed by atoms with E-state index >= 15 is 0 Å². The maximum atomic E-state index is 11.7. The Kier molecular flexibility index (Phi) is 3.24. The van der Waals surface area contributed by atoms with Gasteiger partial charge in [-0.1, -0.05) is 0 Å². The fraction of sp³-hybridized carbons (Fsp3) is 0.500. The zero-order valence-corrected chi connectivity index (χ0v) is 9.65. The molecule has 0 radical (unpaired) electrons. The molecule has 1 atom stereocenters. The van der Waals surface area contributed by atoms with Gasteiger partial charge in [0.25, 0.3) is 0 Å². The van der Waals surface area contributed by atoms with E-state index in [0.29, 0.717) is 30.5 Å². The molecule has 0 N–H and O–H groups in total. The number of ether oxygens (including phenoxy) is 1. The van der Waals surface area contributed by atoms with Gasteiger partial charge in [0.2, 0.25) is 11.9 Å². The molecule has 1 unspecified atom stereocenters. The van der Waals surface area contributed by atoms with Gasteiger partial charge in [-0.2, -0.15) is 0 Å². The van der Waals surface area contributed by atoms with Crippen LogP contribution in [0.15, 0.2) is 12.4 Å². The molecule has 6 heteroatoms. The van der Waals surface area contributed by atoms with Crippen molar-refractivity contribution in [2.24, 2.45) is 5.92 Å². The topological polar surface area (TPSA) is 55.3 Å². The summed E-state index contributed by atoms with van der Waals surface area (Å²) >= 11 is 5.73. The molecule has 0 spiro atoms. The van der Waals surface area contributed by atoms with E-state index in [2.05, 4.69) is 9.97 Å². The van der Waals surface area contributed by atoms with E-state index in [4.69, 9.17) is 16.3 Å². The first-order valence-electron chi connectivity index (χ1n) is 4.97. The van der Waals surface area contributed by atoms with Crippen molar-refractivity contribution < 1.29 is 9.53 Å². The summed E-state index contributed by atoms with van der Waals surface area (Å²) in [6.07, 6.45) is 3.56. The zero-order chi connectivity index (χ0) is 11.5. The first kappa shape index (κ1) is 11.1. The van der Waals surface area contributed by atoms with Crippen molar-refractivity contribution >= 4 is 23.5 Å². The summed E-state index contributed by atoms with van der Waals surface area (Å²) in [6.45, 7) is 0.592. The van der Waals surface area contributed by atoms with Crippen molar-refractivity contribution in [3.8, 4) is 5.75 Å². The molecular formula is C10H12ClN3O2. The highest BCUT2D eigenvalue weighted by Gasteiger charge is 2.31. The largest absolute Gasteiger partial charge is 0.494 e. The van der Waals surface area contributed by atoms with Gasteiger partial charge in [0.15, 0.2) is 5.75 Å². The molecule has 0 aliphatic carbocycles. The van der Waals surface area contributed by atoms with Gasteiger partial charge in [0.1, 0.15) is 0 Å². The lowest BCUT2D eigenvalue weighted by Crippen LogP contribution is -2.26. The molecule has 1 aromatic heterocycles. The second-order valence-electron chi connectivity index (χ2n) is 3.65. The molecule has 0 bridgehead atoms. The van der Waals surface area contributed by atoms with Crippen LogP contribution in [0.25, 0.3) is 0 Å². The van der Waals surface area contributed by atoms with E-state index in [0.717, 1.165) is 0 Å². The third-order valence-corrected chi connectivity index (χ3v) is 2.95. The molecule has 2 rings (SSSR count). The average molecular weight is 242 g/mol. The van der Waals surface area contributed by atoms with Crippen LogP contribution in [0, 0.1) is 5.92 Å². The first-order chi connectivity index (χ1) is 7.74. The smallest absolute Gasteiger partial charge is 0.232 e. The monoisotopic (exact) mass is 241 g/mol. The fourth-order valence-electron chi connectivity index (χ4n) is 1.63. The van der Waals surface area contributed by atoms with Crippen LogP contribution in [-0.2, 0) is 4.79 Å². The number of aromatic nitrogens is 2. The molecule has 5 nitrogen and oxygen atoms in total. The van der Waals surface area contributed by atoms with Gasteiger partial charge < -0.3 is 4.74 Å². The van der Waals surface area contributed by atoms with Crippen LogP contribution in [0.5, 0.6) is 5.75 Å². The summed E-state index contributed by atoms with van der Waals surface area (Å²) < 4.78 is 4.95. The molecule has 16 heavy (non-hydrogen) atoms. The Morgan fingerprint density at radius 1 is 1.56 bits per heavy atom. The summed E-state index contributed by atoms with van der Waals surface area (Å²) in [5, 5.41) is 0. The van der Waals surface area contributed by atoms with Gasteiger partial charge in [-0.3, -0.25) is 9.69 Å². The van der Waals surface area contributed by atoms with Crippen LogP contribution >= 0.6 is 11.6 Å². The first-order valence-corrected chi connectivity index (χ1v) is 5.50. The highest BCUT2D eigenvalue weighted by Crippen LogP contribution is 2.23. The van der Waals surface area contributed by atoms with Gasteiger partial charge >= 0.3 is 0 Å². The maximum absolute atomic E-state index is 11.7. The van der Waals surface area contributed by atoms with Crippen LogP contribution < -0.4 is 9.64 Å². The summed E-state index contributed by atoms with van der Waals surface area (Å²) in [4.78, 5) is 21.4. The summed E-state index contributed by atoms with van der Waals surface area (Å²) in [5.74, 6) is 1.69. The number of carbonyl (C=O) groups is 1. The summed E-state index contributed by atoms with van der Waals surface area (Å²) in [7, 11) is 1.54. The van der Waals surface area contributed by atoms with E-state index in [1.54, 1.807) is 24.4 Å². The molecule has 86 valence electrons. The number of hydrogen-bond acceptors (Lipinski definition) is 4. The van der Waals surface area contributed by atoms with Gasteiger partial charge in [0.05, 0.1) is 19.5 Å². The Morgan fingerprint density at radius 3 is 2.75 bits per heavy atom. The van der Waals surface area contributed by atoms with Crippen LogP contribution in [0.3, 0.4) is 0 Å². The summed E-state index contributed by atoms with van der Waals surface area (Å²) in [5.41, 5.74) is 0. The minimum atomic E-state index is 0.0239. The normalized spacial score (nSPS) is 20.2. The van der Waals surface area contributed by atoms with Gasteiger partial charge in [0, 0.05) is 18.8 Å². The highest BCUT2D eigenvalue weighted by molar-refractivity contribution is 6.18. The molecule has 0 saturated carbocycles. The quantitative estimate of drug-likeness (QED) is 0.743. The minimum absolute atomic E-state index is 0.0239. The SMILES string of the molecule is COc1cnc(N2CC(CCl)CC2=O)nc1. The molecule has 0 aromatic carbocycles. The van der Waals surface area contributed by atoms with E-state index in [9.17, 15) is 4.79 Å². The van der Waals surface area contributed by atoms with Crippen molar-refractivity contribution in [2.75, 3.05) is 24.4 Å². The zero-order valence-electron chi connectivity index (χ0n) is 8.89. The van der Waals surface area contributed by atoms with E-state index in [1.165, 1.54) is 0 Å². The second-order valence-corrected chi connectivity index (χ2v) is 3.96. The summed E-state index contributed by atoms with van der Waals surface area (Å²) in [6, 6.07) is 0. The predicted molar refractivity (Wildman–Crippen MR) is 59.8 cm³/mol. The lowest BCUT2D eigenvalue weighted by Gasteiger charge is -2.13. The fourth-order valence-corrected chi connectivity index (χ4v) is 1.84. The Balaban J connectivity index is 2.15. The minimum Gasteiger partial charge on any atom is -0.494 e. The molecule has 1 saturated heterocycles. The Labute approximate surface area is 98.4 Å². The van der Waals surface area contributed by atoms with Crippen LogP contribution in [0.4, 0.5) is 5.95 Å². The van der Waals surface area contributed by atoms with Crippen molar-refractivity contribution in [3.05, 3.63) is 12.4 Å². The number of methoxy groups -OCH3 is 1. The second kappa shape index (κ2) is 4.65. The number of anilines is 1. The van der Waals surface area contributed by atoms with Crippen molar-refractivity contribution in [2.45, 2.75) is 6.42 Å². The third kappa shape index (κ3) is 2.09. The molecule has 2 heterocycles. The number of amides is 1. The number of carbonyl (C=O) groups excluding carboxylic acids is 1. The predicted octanol–water partition coefficient (Wildman–Crippen LogP) is 1.08. The Bertz CT molecular complexity index is 382. The molecule has 1 fully saturated rings. The van der Waals surface area contributed by atoms with E-state index in [1.807, 2.05) is 0 Å². The lowest BCUT2D eigenvalue weighted by atomic mass is 10.2. The van der Waals surface area contributed by atoms with Crippen LogP contribution in [0.1, 0.15) is 6.42 Å². The van der Waals surface area contributed by atoms with Crippen LogP contribution in [-0.4, -0.2) is 35.4 Å². The lowest BCUT2D eigenvalue weighted by molar-refractivity contribution is -0.117. The number of alkyl halides is 1. The number of rotatable bonds is 3. The average Bonchev–Trinajstić information content (AvgIpc) is 2.71. The highest BCUT2D eigenvalue weighted by atomic mass is 35.5. The van der Waals surface area contributed by atoms with Crippen molar-refractivity contribution in [1.82, 2.24) is 9.97 Å². The van der Waals surface area contributed by atoms with Crippen LogP contribution in [0.2, 0.25) is 0 Å². The standard InChI is InChI=1S/C10H12ClN3O2/c1-16-8-4-12-10(13-5-8)14-6-7(3-11)2-9(14)15/h4-5,7H,2-3,6H2,1H3. The molecule has 1 aliphatic heterocycles. The molecule has 1 aliphatic rings. The Hall–Kier alpha value is -1.36. The van der Waals surface area contributed by atoms with Crippen molar-refractivity contribution in [3.63, 3.8) is 0 Å². The van der Waals surface area contributed by atoms with Gasteiger partial charge in [-0.05, 0) is 5.92 Å². The maximum Gasteiger partial charge on any atom is 0.232 e. The molecule has 1 aromatic rings. The number of hydrogen-bond donors (Lipinski definition) is 0. The Morgan fingerprint density at radius 2 is 2.25 bits per heavy atom. The molecular weight excluding hydrogens is 230 g/mol. The molecule has 1 amide bonds. The van der Waals surface area contributed by atoms with E-state index in [-0.39, 0.29) is 11.8 Å². The van der Waals surface area contributed by atoms with Gasteiger partial charge in [-0.25, -0.2) is 9.97 Å². The number of nitrogens with zero attached hydrogens (tertiary/aromatic N) is 3.